The van der Waals surface area contributed by atoms with Gasteiger partial charge in [-0.3, -0.25) is 4.98 Å². The van der Waals surface area contributed by atoms with E-state index in [0.29, 0.717) is 0 Å². The first kappa shape index (κ1) is 6.12. The summed E-state index contributed by atoms with van der Waals surface area (Å²) in [6, 6.07) is 4.55. The molecule has 0 saturated carbocycles. The fourth-order valence-electron chi connectivity index (χ4n) is 1.27. The zero-order valence-electron chi connectivity index (χ0n) is 7.63. The van der Waals surface area contributed by atoms with Crippen LogP contribution in [0.3, 0.4) is 0 Å². The second-order valence-corrected chi connectivity index (χ2v) is 2.74. The van der Waals surface area contributed by atoms with Gasteiger partial charge in [0.1, 0.15) is 5.82 Å². The molecule has 2 heteroatoms. The van der Waals surface area contributed by atoms with E-state index in [2.05, 4.69) is 4.98 Å². The van der Waals surface area contributed by atoms with E-state index < -0.39 is 0 Å². The van der Waals surface area contributed by atoms with E-state index in [9.17, 15) is 4.39 Å². The maximum Gasteiger partial charge on any atom is 0.124 e. The molecule has 0 saturated heterocycles. The third kappa shape index (κ3) is 1.05. The van der Waals surface area contributed by atoms with Crippen LogP contribution in [0.25, 0.3) is 10.8 Å². The Labute approximate surface area is 71.3 Å². The Hall–Kier alpha value is -1.44. The Morgan fingerprint density at radius 1 is 1.50 bits per heavy atom. The van der Waals surface area contributed by atoms with Crippen molar-refractivity contribution < 1.29 is 5.76 Å². The van der Waals surface area contributed by atoms with Crippen molar-refractivity contribution in [3.8, 4) is 0 Å². The molecule has 0 N–H and O–H groups in total. The SMILES string of the molecule is [2H]c1nccc2cc(F)cc(C)c12. The van der Waals surface area contributed by atoms with Crippen molar-refractivity contribution in [2.24, 2.45) is 0 Å². The largest absolute Gasteiger partial charge is 0.264 e. The van der Waals surface area contributed by atoms with Gasteiger partial charge in [0.25, 0.3) is 0 Å². The van der Waals surface area contributed by atoms with Crippen LogP contribution in [-0.2, 0) is 0 Å². The van der Waals surface area contributed by atoms with Crippen molar-refractivity contribution in [3.05, 3.63) is 41.9 Å². The van der Waals surface area contributed by atoms with Crippen molar-refractivity contribution in [1.82, 2.24) is 4.98 Å². The van der Waals surface area contributed by atoms with Crippen molar-refractivity contribution in [3.63, 3.8) is 0 Å². The molecule has 0 aliphatic carbocycles. The molecular weight excluding hydrogens is 153 g/mol. The molecule has 0 aliphatic heterocycles. The van der Waals surface area contributed by atoms with E-state index in [-0.39, 0.29) is 12.0 Å². The average molecular weight is 162 g/mol. The summed E-state index contributed by atoms with van der Waals surface area (Å²) in [5.74, 6) is -0.268. The fourth-order valence-corrected chi connectivity index (χ4v) is 1.27. The number of aromatic nitrogens is 1. The Morgan fingerprint density at radius 3 is 3.17 bits per heavy atom. The van der Waals surface area contributed by atoms with E-state index in [1.807, 2.05) is 0 Å². The zero-order valence-corrected chi connectivity index (χ0v) is 6.63. The predicted molar refractivity (Wildman–Crippen MR) is 46.4 cm³/mol. The van der Waals surface area contributed by atoms with Gasteiger partial charge in [-0.05, 0) is 36.1 Å². The lowest BCUT2D eigenvalue weighted by Crippen LogP contribution is -1.82. The molecule has 0 amide bonds. The second kappa shape index (κ2) is 2.55. The second-order valence-electron chi connectivity index (χ2n) is 2.74. The van der Waals surface area contributed by atoms with E-state index in [0.717, 1.165) is 16.3 Å². The molecule has 2 rings (SSSR count). The number of fused-ring (bicyclic) bond motifs is 1. The van der Waals surface area contributed by atoms with Crippen LogP contribution >= 0.6 is 0 Å². The fraction of sp³-hybridized carbons (Fsp3) is 0.100. The molecule has 1 nitrogen and oxygen atoms in total. The molecule has 12 heavy (non-hydrogen) atoms. The number of aryl methyl sites for hydroxylation is 1. The van der Waals surface area contributed by atoms with Crippen molar-refractivity contribution in [2.45, 2.75) is 6.92 Å². The van der Waals surface area contributed by atoms with Crippen LogP contribution in [0.15, 0.2) is 30.6 Å². The molecule has 0 unspecified atom stereocenters. The lowest BCUT2D eigenvalue weighted by atomic mass is 10.1. The number of nitrogens with zero attached hydrogens (tertiary/aromatic N) is 1. The normalized spacial score (nSPS) is 11.7. The highest BCUT2D eigenvalue weighted by molar-refractivity contribution is 5.84. The quantitative estimate of drug-likeness (QED) is 0.580. The van der Waals surface area contributed by atoms with Gasteiger partial charge in [0.05, 0.1) is 1.37 Å². The maximum atomic E-state index is 12.9. The summed E-state index contributed by atoms with van der Waals surface area (Å²) in [5.41, 5.74) is 0.758. The Morgan fingerprint density at radius 2 is 2.33 bits per heavy atom. The van der Waals surface area contributed by atoms with Gasteiger partial charge < -0.3 is 0 Å². The first-order valence-corrected chi connectivity index (χ1v) is 3.70. The van der Waals surface area contributed by atoms with Crippen molar-refractivity contribution in [2.75, 3.05) is 0 Å². The number of hydrogen-bond donors (Lipinski definition) is 0. The molecular formula is C10H8FN. The Bertz CT molecular complexity index is 468. The topological polar surface area (TPSA) is 12.9 Å². The number of benzene rings is 1. The van der Waals surface area contributed by atoms with Crippen LogP contribution < -0.4 is 0 Å². The molecule has 60 valence electrons. The van der Waals surface area contributed by atoms with Crippen molar-refractivity contribution >= 4 is 10.8 Å². The van der Waals surface area contributed by atoms with Gasteiger partial charge in [0, 0.05) is 17.8 Å². The van der Waals surface area contributed by atoms with E-state index >= 15 is 0 Å². The molecule has 0 fully saturated rings. The summed E-state index contributed by atoms with van der Waals surface area (Å²) < 4.78 is 20.5. The Kier molecular flexibility index (Phi) is 1.30. The van der Waals surface area contributed by atoms with Gasteiger partial charge in [-0.1, -0.05) is 0 Å². The molecule has 1 aromatic heterocycles. The molecule has 0 bridgehead atoms. The predicted octanol–water partition coefficient (Wildman–Crippen LogP) is 2.68. The molecule has 0 spiro atoms. The molecule has 1 heterocycles. The smallest absolute Gasteiger partial charge is 0.124 e. The number of rotatable bonds is 0. The van der Waals surface area contributed by atoms with Gasteiger partial charge in [0.2, 0.25) is 0 Å². The maximum absolute atomic E-state index is 12.9. The number of halogens is 1. The number of pyridine rings is 1. The minimum absolute atomic E-state index is 0.204. The minimum atomic E-state index is -0.268. The number of hydrogen-bond acceptors (Lipinski definition) is 1. The zero-order chi connectivity index (χ0) is 9.42. The molecule has 1 aromatic carbocycles. The van der Waals surface area contributed by atoms with Crippen LogP contribution in [0.5, 0.6) is 0 Å². The van der Waals surface area contributed by atoms with Crippen LogP contribution in [0.2, 0.25) is 0 Å². The monoisotopic (exact) mass is 162 g/mol. The summed E-state index contributed by atoms with van der Waals surface area (Å²) in [7, 11) is 0. The third-order valence-corrected chi connectivity index (χ3v) is 1.84. The molecule has 0 atom stereocenters. The van der Waals surface area contributed by atoms with Gasteiger partial charge in [-0.2, -0.15) is 0 Å². The summed E-state index contributed by atoms with van der Waals surface area (Å²) >= 11 is 0. The minimum Gasteiger partial charge on any atom is -0.264 e. The average Bonchev–Trinajstić information content (AvgIpc) is 2.02. The lowest BCUT2D eigenvalue weighted by Gasteiger charge is -2.00. The van der Waals surface area contributed by atoms with E-state index in [1.165, 1.54) is 18.3 Å². The van der Waals surface area contributed by atoms with Crippen LogP contribution in [0.1, 0.15) is 6.93 Å². The van der Waals surface area contributed by atoms with Gasteiger partial charge >= 0.3 is 0 Å². The van der Waals surface area contributed by atoms with Crippen molar-refractivity contribution in [1.29, 1.82) is 0 Å². The van der Waals surface area contributed by atoms with Crippen LogP contribution in [0.4, 0.5) is 4.39 Å². The molecule has 0 radical (unpaired) electrons. The van der Waals surface area contributed by atoms with E-state index in [1.54, 1.807) is 13.0 Å². The van der Waals surface area contributed by atoms with Crippen LogP contribution in [-0.4, -0.2) is 4.98 Å². The first-order chi connectivity index (χ1) is 6.18. The van der Waals surface area contributed by atoms with E-state index in [4.69, 9.17) is 1.37 Å². The molecule has 0 aliphatic rings. The van der Waals surface area contributed by atoms with Crippen LogP contribution in [0, 0.1) is 12.7 Å². The summed E-state index contributed by atoms with van der Waals surface area (Å²) in [4.78, 5) is 3.84. The van der Waals surface area contributed by atoms with Gasteiger partial charge in [-0.25, -0.2) is 4.39 Å². The Balaban J connectivity index is 2.94. The van der Waals surface area contributed by atoms with Gasteiger partial charge in [-0.15, -0.1) is 0 Å². The lowest BCUT2D eigenvalue weighted by molar-refractivity contribution is 0.628. The molecule has 2 aromatic rings. The highest BCUT2D eigenvalue weighted by atomic mass is 19.1. The standard InChI is InChI=1S/C10H8FN/c1-7-4-9(11)5-8-2-3-12-6-10(7)8/h2-6H,1H3/i6D. The highest BCUT2D eigenvalue weighted by Gasteiger charge is 1.98. The summed E-state index contributed by atoms with van der Waals surface area (Å²) in [6.45, 7) is 1.78. The van der Waals surface area contributed by atoms with Gasteiger partial charge in [0.15, 0.2) is 0 Å². The first-order valence-electron chi connectivity index (χ1n) is 4.20. The summed E-state index contributed by atoms with van der Waals surface area (Å²) in [6.07, 6.45) is 1.72. The highest BCUT2D eigenvalue weighted by Crippen LogP contribution is 2.18. The summed E-state index contributed by atoms with van der Waals surface area (Å²) in [5, 5.41) is 1.46. The third-order valence-electron chi connectivity index (χ3n) is 1.84.